The second-order valence-electron chi connectivity index (χ2n) is 8.36. The number of anilines is 3. The molecule has 2 aromatic rings. The summed E-state index contributed by atoms with van der Waals surface area (Å²) in [6.45, 7) is 6.42. The van der Waals surface area contributed by atoms with Crippen molar-refractivity contribution in [2.75, 3.05) is 23.9 Å². The molecule has 1 fully saturated rings. The molecule has 1 aliphatic heterocycles. The first kappa shape index (κ1) is 21.8. The summed E-state index contributed by atoms with van der Waals surface area (Å²) in [5, 5.41) is 23.2. The van der Waals surface area contributed by atoms with Crippen LogP contribution in [-0.2, 0) is 4.79 Å². The molecule has 0 aliphatic carbocycles. The minimum Gasteiger partial charge on any atom is -0.481 e. The summed E-state index contributed by atoms with van der Waals surface area (Å²) in [5.41, 5.74) is 2.57. The molecule has 1 saturated heterocycles. The Bertz CT molecular complexity index is 880. The summed E-state index contributed by atoms with van der Waals surface area (Å²) in [5.74, 6) is -0.959. The summed E-state index contributed by atoms with van der Waals surface area (Å²) < 4.78 is 5.02. The lowest BCUT2D eigenvalue weighted by Gasteiger charge is -2.36. The van der Waals surface area contributed by atoms with Gasteiger partial charge in [-0.05, 0) is 50.3 Å². The topological polar surface area (TPSA) is 108 Å². The van der Waals surface area contributed by atoms with Crippen molar-refractivity contribution in [2.45, 2.75) is 57.6 Å². The molecule has 2 atom stereocenters. The molecule has 0 radical (unpaired) electrons. The van der Waals surface area contributed by atoms with Crippen LogP contribution in [0.1, 0.15) is 51.5 Å². The molecule has 8 nitrogen and oxygen atoms in total. The summed E-state index contributed by atoms with van der Waals surface area (Å²) in [6.07, 6.45) is 5.24. The minimum atomic E-state index is -0.841. The van der Waals surface area contributed by atoms with Gasteiger partial charge in [0.25, 0.3) is 0 Å². The van der Waals surface area contributed by atoms with Gasteiger partial charge < -0.3 is 25.2 Å². The summed E-state index contributed by atoms with van der Waals surface area (Å²) in [7, 11) is 1.51. The zero-order chi connectivity index (χ0) is 21.9. The first-order valence-electron chi connectivity index (χ1n) is 10.2. The maximum Gasteiger partial charge on any atom is 0.316 e. The Hall–Kier alpha value is -2.87. The lowest BCUT2D eigenvalue weighted by atomic mass is 9.94. The van der Waals surface area contributed by atoms with Gasteiger partial charge in [-0.3, -0.25) is 4.79 Å². The van der Waals surface area contributed by atoms with Gasteiger partial charge in [0.2, 0.25) is 0 Å². The highest BCUT2D eigenvalue weighted by atomic mass is 16.5. The fourth-order valence-electron chi connectivity index (χ4n) is 4.02. The number of carboxylic acid groups (broad SMARTS) is 1. The average Bonchev–Trinajstić information content (AvgIpc) is 3.18. The number of aromatic nitrogens is 2. The molecule has 1 aromatic carbocycles. The van der Waals surface area contributed by atoms with Crippen molar-refractivity contribution in [1.29, 1.82) is 0 Å². The Morgan fingerprint density at radius 1 is 1.37 bits per heavy atom. The van der Waals surface area contributed by atoms with Gasteiger partial charge in [0.1, 0.15) is 0 Å². The lowest BCUT2D eigenvalue weighted by Crippen LogP contribution is -2.46. The highest BCUT2D eigenvalue weighted by Gasteiger charge is 2.37. The number of nitrogens with zero attached hydrogens (tertiary/aromatic N) is 3. The standard InChI is InChI=1S/C22H30N4O4/c1-14(10-20(27)28)15-7-8-18(26-9-5-6-19(26)22(2,3)29)17(11-15)25-16-12-23-21(30-4)24-13-16/h7-8,11-14,19,25,29H,5-6,9-10H2,1-4H3,(H,27,28)/t14?,19-/m0/s1. The number of nitrogens with one attached hydrogen (secondary N) is 1. The molecule has 0 saturated carbocycles. The highest BCUT2D eigenvalue weighted by molar-refractivity contribution is 5.77. The molecule has 2 heterocycles. The number of ether oxygens (including phenoxy) is 1. The maximum atomic E-state index is 11.2. The van der Waals surface area contributed by atoms with Crippen molar-refractivity contribution in [3.8, 4) is 6.01 Å². The van der Waals surface area contributed by atoms with Crippen molar-refractivity contribution in [3.05, 3.63) is 36.2 Å². The Kier molecular flexibility index (Phi) is 6.45. The molecule has 3 N–H and O–H groups in total. The number of methoxy groups -OCH3 is 1. The number of carboxylic acids is 1. The van der Waals surface area contributed by atoms with Crippen LogP contribution in [0.25, 0.3) is 0 Å². The van der Waals surface area contributed by atoms with E-state index in [-0.39, 0.29) is 24.4 Å². The predicted molar refractivity (Wildman–Crippen MR) is 116 cm³/mol. The lowest BCUT2D eigenvalue weighted by molar-refractivity contribution is -0.137. The maximum absolute atomic E-state index is 11.2. The third-order valence-electron chi connectivity index (χ3n) is 5.54. The fraction of sp³-hybridized carbons (Fsp3) is 0.500. The van der Waals surface area contributed by atoms with E-state index < -0.39 is 11.6 Å². The van der Waals surface area contributed by atoms with Gasteiger partial charge in [0.15, 0.2) is 0 Å². The monoisotopic (exact) mass is 414 g/mol. The first-order chi connectivity index (χ1) is 14.2. The zero-order valence-electron chi connectivity index (χ0n) is 17.9. The predicted octanol–water partition coefficient (Wildman–Crippen LogP) is 3.55. The molecule has 162 valence electrons. The van der Waals surface area contributed by atoms with Crippen LogP contribution in [0.15, 0.2) is 30.6 Å². The van der Waals surface area contributed by atoms with Gasteiger partial charge in [-0.25, -0.2) is 9.97 Å². The molecule has 1 aromatic heterocycles. The van der Waals surface area contributed by atoms with Gasteiger partial charge in [0, 0.05) is 6.54 Å². The van der Waals surface area contributed by atoms with Crippen LogP contribution in [0, 0.1) is 0 Å². The molecule has 1 aliphatic rings. The SMILES string of the molecule is COc1ncc(Nc2cc(C(C)CC(=O)O)ccc2N2CCC[C@H]2C(C)(C)O)cn1. The van der Waals surface area contributed by atoms with Crippen LogP contribution >= 0.6 is 0 Å². The fourth-order valence-corrected chi connectivity index (χ4v) is 4.02. The van der Waals surface area contributed by atoms with Gasteiger partial charge >= 0.3 is 12.0 Å². The molecule has 0 spiro atoms. The van der Waals surface area contributed by atoms with Crippen molar-refractivity contribution in [1.82, 2.24) is 9.97 Å². The second kappa shape index (κ2) is 8.87. The number of carbonyl (C=O) groups is 1. The summed E-state index contributed by atoms with van der Waals surface area (Å²) >= 11 is 0. The van der Waals surface area contributed by atoms with Gasteiger partial charge in [-0.2, -0.15) is 0 Å². The highest BCUT2D eigenvalue weighted by Crippen LogP contribution is 2.39. The summed E-state index contributed by atoms with van der Waals surface area (Å²) in [4.78, 5) is 21.7. The molecule has 0 bridgehead atoms. The van der Waals surface area contributed by atoms with Crippen LogP contribution in [0.2, 0.25) is 0 Å². The number of hydrogen-bond acceptors (Lipinski definition) is 7. The van der Waals surface area contributed by atoms with Crippen molar-refractivity contribution < 1.29 is 19.7 Å². The van der Waals surface area contributed by atoms with E-state index in [4.69, 9.17) is 4.74 Å². The third-order valence-corrected chi connectivity index (χ3v) is 5.54. The van der Waals surface area contributed by atoms with E-state index in [1.807, 2.05) is 39.0 Å². The van der Waals surface area contributed by atoms with Crippen LogP contribution < -0.4 is 15.0 Å². The van der Waals surface area contributed by atoms with E-state index in [2.05, 4.69) is 20.2 Å². The van der Waals surface area contributed by atoms with Crippen LogP contribution in [0.4, 0.5) is 17.1 Å². The van der Waals surface area contributed by atoms with Crippen LogP contribution in [0.5, 0.6) is 6.01 Å². The van der Waals surface area contributed by atoms with E-state index >= 15 is 0 Å². The third kappa shape index (κ3) is 4.99. The van der Waals surface area contributed by atoms with Gasteiger partial charge in [-0.15, -0.1) is 0 Å². The molecule has 3 rings (SSSR count). The molecule has 30 heavy (non-hydrogen) atoms. The number of hydrogen-bond donors (Lipinski definition) is 3. The second-order valence-corrected chi connectivity index (χ2v) is 8.36. The van der Waals surface area contributed by atoms with E-state index in [1.165, 1.54) is 7.11 Å². The van der Waals surface area contributed by atoms with E-state index in [1.54, 1.807) is 12.4 Å². The Balaban J connectivity index is 1.98. The summed E-state index contributed by atoms with van der Waals surface area (Å²) in [6, 6.07) is 6.23. The smallest absolute Gasteiger partial charge is 0.316 e. The minimum absolute atomic E-state index is 0.00698. The van der Waals surface area contributed by atoms with Crippen LogP contribution in [-0.4, -0.2) is 51.4 Å². The zero-order valence-corrected chi connectivity index (χ0v) is 17.9. The Morgan fingerprint density at radius 3 is 2.67 bits per heavy atom. The van der Waals surface area contributed by atoms with Gasteiger partial charge in [0.05, 0.1) is 54.6 Å². The van der Waals surface area contributed by atoms with E-state index in [9.17, 15) is 15.0 Å². The van der Waals surface area contributed by atoms with Crippen LogP contribution in [0.3, 0.4) is 0 Å². The Morgan fingerprint density at radius 2 is 2.07 bits per heavy atom. The number of rotatable bonds is 8. The molecular formula is C22H30N4O4. The number of aliphatic hydroxyl groups is 1. The van der Waals surface area contributed by atoms with Crippen molar-refractivity contribution in [3.63, 3.8) is 0 Å². The molecule has 8 heteroatoms. The van der Waals surface area contributed by atoms with Crippen molar-refractivity contribution in [2.24, 2.45) is 0 Å². The Labute approximate surface area is 176 Å². The molecular weight excluding hydrogens is 384 g/mol. The number of aliphatic carboxylic acids is 1. The normalized spacial score (nSPS) is 17.6. The first-order valence-corrected chi connectivity index (χ1v) is 10.2. The van der Waals surface area contributed by atoms with E-state index in [0.29, 0.717) is 5.69 Å². The van der Waals surface area contributed by atoms with Gasteiger partial charge in [-0.1, -0.05) is 13.0 Å². The molecule has 0 amide bonds. The average molecular weight is 415 g/mol. The molecule has 1 unspecified atom stereocenters. The van der Waals surface area contributed by atoms with E-state index in [0.717, 1.165) is 36.3 Å². The number of benzene rings is 1. The van der Waals surface area contributed by atoms with Crippen molar-refractivity contribution >= 4 is 23.0 Å². The quantitative estimate of drug-likeness (QED) is 0.602. The largest absolute Gasteiger partial charge is 0.481 e.